The van der Waals surface area contributed by atoms with Crippen LogP contribution in [0.4, 0.5) is 5.69 Å². The summed E-state index contributed by atoms with van der Waals surface area (Å²) in [5.74, 6) is 0.269. The van der Waals surface area contributed by atoms with Gasteiger partial charge in [0, 0.05) is 0 Å². The van der Waals surface area contributed by atoms with Gasteiger partial charge in [0.1, 0.15) is 5.75 Å². The summed E-state index contributed by atoms with van der Waals surface area (Å²) in [4.78, 5) is 11.9. The lowest BCUT2D eigenvalue weighted by Crippen LogP contribution is -2.20. The maximum absolute atomic E-state index is 11.9. The van der Waals surface area contributed by atoms with E-state index in [0.717, 1.165) is 11.1 Å². The van der Waals surface area contributed by atoms with Crippen LogP contribution in [0.5, 0.6) is 5.75 Å². The van der Waals surface area contributed by atoms with Crippen molar-refractivity contribution in [3.8, 4) is 5.75 Å². The van der Waals surface area contributed by atoms with Gasteiger partial charge in [-0.25, -0.2) is 0 Å². The molecule has 0 atom stereocenters. The zero-order valence-corrected chi connectivity index (χ0v) is 14.1. The number of anilines is 1. The number of carbonyl (C=O) groups excluding carboxylic acids is 1. The van der Waals surface area contributed by atoms with Gasteiger partial charge in [0.2, 0.25) is 0 Å². The Hall–Kier alpha value is -2.04. The summed E-state index contributed by atoms with van der Waals surface area (Å²) in [6, 6.07) is 12.4. The zero-order chi connectivity index (χ0) is 17.0. The molecule has 5 heteroatoms. The monoisotopic (exact) mass is 333 g/mol. The summed E-state index contributed by atoms with van der Waals surface area (Å²) in [7, 11) is 0. The molecular weight excluding hydrogens is 314 g/mol. The van der Waals surface area contributed by atoms with Crippen molar-refractivity contribution in [2.75, 3.05) is 11.9 Å². The largest absolute Gasteiger partial charge is 0.484 e. The van der Waals surface area contributed by atoms with E-state index >= 15 is 0 Å². The molecule has 0 aromatic heterocycles. The van der Waals surface area contributed by atoms with E-state index in [0.29, 0.717) is 16.5 Å². The second-order valence-electron chi connectivity index (χ2n) is 5.90. The minimum Gasteiger partial charge on any atom is -0.484 e. The molecule has 0 heterocycles. The molecule has 0 aliphatic heterocycles. The number of rotatable bonds is 5. The third-order valence-corrected chi connectivity index (χ3v) is 3.64. The molecule has 122 valence electrons. The summed E-state index contributed by atoms with van der Waals surface area (Å²) >= 11 is 6.07. The van der Waals surface area contributed by atoms with Crippen LogP contribution in [0, 0.1) is 6.92 Å². The lowest BCUT2D eigenvalue weighted by Gasteiger charge is -2.18. The van der Waals surface area contributed by atoms with Gasteiger partial charge in [-0.3, -0.25) is 4.79 Å². The van der Waals surface area contributed by atoms with E-state index in [1.165, 1.54) is 0 Å². The Bertz CT molecular complexity index is 690. The molecule has 23 heavy (non-hydrogen) atoms. The Labute approximate surface area is 141 Å². The Kier molecular flexibility index (Phi) is 5.29. The summed E-state index contributed by atoms with van der Waals surface area (Å²) in [5, 5.41) is 13.1. The highest BCUT2D eigenvalue weighted by atomic mass is 35.5. The lowest BCUT2D eigenvalue weighted by molar-refractivity contribution is -0.118. The highest BCUT2D eigenvalue weighted by Crippen LogP contribution is 2.23. The Balaban J connectivity index is 1.91. The van der Waals surface area contributed by atoms with Crippen molar-refractivity contribution in [3.63, 3.8) is 0 Å². The normalized spacial score (nSPS) is 11.2. The number of ether oxygens (including phenoxy) is 1. The smallest absolute Gasteiger partial charge is 0.262 e. The predicted octanol–water partition coefficient (Wildman–Crippen LogP) is 3.89. The summed E-state index contributed by atoms with van der Waals surface area (Å²) in [5.41, 5.74) is 1.46. The quantitative estimate of drug-likeness (QED) is 0.872. The van der Waals surface area contributed by atoms with Gasteiger partial charge in [-0.15, -0.1) is 0 Å². The van der Waals surface area contributed by atoms with E-state index in [-0.39, 0.29) is 12.5 Å². The molecule has 0 bridgehead atoms. The lowest BCUT2D eigenvalue weighted by atomic mass is 9.99. The fourth-order valence-corrected chi connectivity index (χ4v) is 2.30. The second kappa shape index (κ2) is 7.02. The molecule has 0 unspecified atom stereocenters. The second-order valence-corrected chi connectivity index (χ2v) is 6.31. The summed E-state index contributed by atoms with van der Waals surface area (Å²) in [6.07, 6.45) is 0. The van der Waals surface area contributed by atoms with Gasteiger partial charge in [0.25, 0.3) is 5.91 Å². The molecule has 0 radical (unpaired) electrons. The van der Waals surface area contributed by atoms with Crippen molar-refractivity contribution in [2.45, 2.75) is 26.4 Å². The number of nitrogens with one attached hydrogen (secondary N) is 1. The first-order valence-electron chi connectivity index (χ1n) is 7.27. The van der Waals surface area contributed by atoms with Crippen LogP contribution in [0.3, 0.4) is 0 Å². The van der Waals surface area contributed by atoms with E-state index in [1.807, 2.05) is 13.0 Å². The van der Waals surface area contributed by atoms with Crippen molar-refractivity contribution in [2.24, 2.45) is 0 Å². The first-order valence-corrected chi connectivity index (χ1v) is 7.65. The van der Waals surface area contributed by atoms with Gasteiger partial charge >= 0.3 is 0 Å². The molecule has 2 rings (SSSR count). The maximum atomic E-state index is 11.9. The molecule has 0 aliphatic carbocycles. The van der Waals surface area contributed by atoms with Crippen LogP contribution < -0.4 is 10.1 Å². The number of carbonyl (C=O) groups is 1. The van der Waals surface area contributed by atoms with Crippen LogP contribution in [0.1, 0.15) is 25.0 Å². The van der Waals surface area contributed by atoms with E-state index in [1.54, 1.807) is 50.2 Å². The number of benzene rings is 2. The number of aryl methyl sites for hydroxylation is 1. The van der Waals surface area contributed by atoms with Gasteiger partial charge in [0.05, 0.1) is 16.3 Å². The van der Waals surface area contributed by atoms with Crippen LogP contribution in [-0.4, -0.2) is 17.6 Å². The fourth-order valence-electron chi connectivity index (χ4n) is 2.02. The SMILES string of the molecule is Cc1ccc(NC(=O)COc2ccc(C(C)(C)O)cc2)c(Cl)c1. The van der Waals surface area contributed by atoms with Crippen LogP contribution in [0.15, 0.2) is 42.5 Å². The highest BCUT2D eigenvalue weighted by molar-refractivity contribution is 6.33. The summed E-state index contributed by atoms with van der Waals surface area (Å²) in [6.45, 7) is 5.23. The molecule has 0 fully saturated rings. The van der Waals surface area contributed by atoms with E-state index in [4.69, 9.17) is 16.3 Å². The van der Waals surface area contributed by atoms with Gasteiger partial charge in [-0.2, -0.15) is 0 Å². The van der Waals surface area contributed by atoms with Crippen molar-refractivity contribution < 1.29 is 14.6 Å². The minimum absolute atomic E-state index is 0.119. The van der Waals surface area contributed by atoms with Crippen molar-refractivity contribution in [3.05, 3.63) is 58.6 Å². The number of amides is 1. The van der Waals surface area contributed by atoms with Gasteiger partial charge < -0.3 is 15.2 Å². The van der Waals surface area contributed by atoms with E-state index < -0.39 is 5.60 Å². The standard InChI is InChI=1S/C18H20ClNO3/c1-12-4-9-16(15(19)10-12)20-17(21)11-23-14-7-5-13(6-8-14)18(2,3)22/h4-10,22H,11H2,1-3H3,(H,20,21). The molecule has 2 aromatic carbocycles. The molecule has 2 N–H and O–H groups in total. The molecule has 0 saturated carbocycles. The molecular formula is C18H20ClNO3. The highest BCUT2D eigenvalue weighted by Gasteiger charge is 2.15. The minimum atomic E-state index is -0.905. The van der Waals surface area contributed by atoms with E-state index in [9.17, 15) is 9.90 Å². The fraction of sp³-hybridized carbons (Fsp3) is 0.278. The third kappa shape index (κ3) is 4.98. The molecule has 0 aliphatic rings. The van der Waals surface area contributed by atoms with Crippen LogP contribution in [-0.2, 0) is 10.4 Å². The maximum Gasteiger partial charge on any atom is 0.262 e. The molecule has 1 amide bonds. The summed E-state index contributed by atoms with van der Waals surface area (Å²) < 4.78 is 5.43. The van der Waals surface area contributed by atoms with Crippen LogP contribution >= 0.6 is 11.6 Å². The Morgan fingerprint density at radius 2 is 1.87 bits per heavy atom. The van der Waals surface area contributed by atoms with Crippen LogP contribution in [0.2, 0.25) is 5.02 Å². The first-order chi connectivity index (χ1) is 10.8. The van der Waals surface area contributed by atoms with Crippen molar-refractivity contribution >= 4 is 23.2 Å². The average Bonchev–Trinajstić information content (AvgIpc) is 2.47. The van der Waals surface area contributed by atoms with E-state index in [2.05, 4.69) is 5.32 Å². The predicted molar refractivity (Wildman–Crippen MR) is 92.0 cm³/mol. The zero-order valence-electron chi connectivity index (χ0n) is 13.4. The first kappa shape index (κ1) is 17.3. The van der Waals surface area contributed by atoms with Gasteiger partial charge in [0.15, 0.2) is 6.61 Å². The number of halogens is 1. The van der Waals surface area contributed by atoms with Crippen molar-refractivity contribution in [1.82, 2.24) is 0 Å². The number of aliphatic hydroxyl groups is 1. The Morgan fingerprint density at radius 3 is 2.43 bits per heavy atom. The average molecular weight is 334 g/mol. The molecule has 4 nitrogen and oxygen atoms in total. The topological polar surface area (TPSA) is 58.6 Å². The number of hydrogen-bond acceptors (Lipinski definition) is 3. The van der Waals surface area contributed by atoms with Gasteiger partial charge in [-0.05, 0) is 56.2 Å². The molecule has 0 saturated heterocycles. The van der Waals surface area contributed by atoms with Gasteiger partial charge in [-0.1, -0.05) is 29.8 Å². The molecule has 0 spiro atoms. The van der Waals surface area contributed by atoms with Crippen molar-refractivity contribution in [1.29, 1.82) is 0 Å². The Morgan fingerprint density at radius 1 is 1.22 bits per heavy atom. The van der Waals surface area contributed by atoms with Crippen LogP contribution in [0.25, 0.3) is 0 Å². The molecule has 2 aromatic rings. The third-order valence-electron chi connectivity index (χ3n) is 3.33. The number of hydrogen-bond donors (Lipinski definition) is 2.